The number of sulfone groups is 1. The van der Waals surface area contributed by atoms with E-state index in [1.807, 2.05) is 19.1 Å². The Kier molecular flexibility index (Phi) is 4.18. The zero-order valence-corrected chi connectivity index (χ0v) is 14.4. The van der Waals surface area contributed by atoms with Crippen LogP contribution in [0.2, 0.25) is 0 Å². The number of benzene rings is 2. The fourth-order valence-electron chi connectivity index (χ4n) is 2.56. The Bertz CT molecular complexity index is 1030. The van der Waals surface area contributed by atoms with E-state index in [0.29, 0.717) is 22.4 Å². The van der Waals surface area contributed by atoms with E-state index in [1.54, 1.807) is 24.3 Å². The van der Waals surface area contributed by atoms with E-state index >= 15 is 0 Å². The van der Waals surface area contributed by atoms with Gasteiger partial charge in [0.1, 0.15) is 5.69 Å². The van der Waals surface area contributed by atoms with Gasteiger partial charge in [-0.1, -0.05) is 42.0 Å². The first-order valence-corrected chi connectivity index (χ1v) is 9.34. The van der Waals surface area contributed by atoms with Crippen molar-refractivity contribution in [2.75, 3.05) is 6.26 Å². The third kappa shape index (κ3) is 3.32. The van der Waals surface area contributed by atoms with Crippen LogP contribution in [0.5, 0.6) is 0 Å². The molecule has 0 radical (unpaired) electrons. The molecule has 0 fully saturated rings. The van der Waals surface area contributed by atoms with Gasteiger partial charge in [0, 0.05) is 17.4 Å². The maximum absolute atomic E-state index is 11.6. The minimum atomic E-state index is -3.31. The first-order chi connectivity index (χ1) is 11.8. The number of aromatic amines is 1. The molecule has 0 spiro atoms. The van der Waals surface area contributed by atoms with Crippen molar-refractivity contribution in [2.24, 2.45) is 0 Å². The predicted octanol–water partition coefficient (Wildman–Crippen LogP) is 1.82. The van der Waals surface area contributed by atoms with Crippen molar-refractivity contribution in [3.63, 3.8) is 0 Å². The summed E-state index contributed by atoms with van der Waals surface area (Å²) in [6, 6.07) is 13.5. The van der Waals surface area contributed by atoms with Crippen LogP contribution in [0.25, 0.3) is 22.4 Å². The van der Waals surface area contributed by atoms with Crippen molar-refractivity contribution in [2.45, 2.75) is 11.8 Å². The molecule has 25 heavy (non-hydrogen) atoms. The molecule has 1 N–H and O–H groups in total. The Hall–Kier alpha value is -2.93. The van der Waals surface area contributed by atoms with Gasteiger partial charge >= 0.3 is 0 Å². The normalized spacial score (nSPS) is 11.4. The molecule has 0 unspecified atom stereocenters. The SMILES string of the molecule is Cc1ccc(-c2c(-c3ccc(S(C)(=O)=O)cc3)n[nH]c2C(=O)[O-])cc1. The predicted molar refractivity (Wildman–Crippen MR) is 91.6 cm³/mol. The highest BCUT2D eigenvalue weighted by Gasteiger charge is 2.18. The second-order valence-electron chi connectivity index (χ2n) is 5.77. The molecule has 0 amide bonds. The number of aryl methyl sites for hydroxylation is 1. The Balaban J connectivity index is 2.17. The number of aromatic carboxylic acids is 1. The third-order valence-electron chi connectivity index (χ3n) is 3.87. The van der Waals surface area contributed by atoms with Crippen LogP contribution in [0, 0.1) is 6.92 Å². The van der Waals surface area contributed by atoms with Gasteiger partial charge in [0.25, 0.3) is 0 Å². The van der Waals surface area contributed by atoms with Crippen molar-refractivity contribution in [3.8, 4) is 22.4 Å². The number of hydrogen-bond acceptors (Lipinski definition) is 5. The molecule has 2 aromatic carbocycles. The topological polar surface area (TPSA) is 103 Å². The van der Waals surface area contributed by atoms with Crippen LogP contribution in [0.1, 0.15) is 16.1 Å². The molecular weight excluding hydrogens is 340 g/mol. The van der Waals surface area contributed by atoms with Crippen molar-refractivity contribution in [1.82, 2.24) is 10.2 Å². The number of carboxylic acids is 1. The van der Waals surface area contributed by atoms with E-state index in [-0.39, 0.29) is 10.6 Å². The Morgan fingerprint density at radius 3 is 2.08 bits per heavy atom. The molecule has 3 aromatic rings. The van der Waals surface area contributed by atoms with Crippen LogP contribution in [-0.4, -0.2) is 30.8 Å². The van der Waals surface area contributed by atoms with Gasteiger partial charge in [0.15, 0.2) is 9.84 Å². The quantitative estimate of drug-likeness (QED) is 0.769. The lowest BCUT2D eigenvalue weighted by molar-refractivity contribution is -0.255. The number of carbonyl (C=O) groups excluding carboxylic acids is 1. The molecule has 0 saturated heterocycles. The van der Waals surface area contributed by atoms with Gasteiger partial charge in [-0.05, 0) is 24.6 Å². The number of H-pyrrole nitrogens is 1. The van der Waals surface area contributed by atoms with Gasteiger partial charge in [0.2, 0.25) is 0 Å². The average Bonchev–Trinajstić information content (AvgIpc) is 3.00. The summed E-state index contributed by atoms with van der Waals surface area (Å²) in [5, 5.41) is 18.0. The average molecular weight is 355 g/mol. The highest BCUT2D eigenvalue weighted by Crippen LogP contribution is 2.33. The van der Waals surface area contributed by atoms with Gasteiger partial charge in [0.05, 0.1) is 16.6 Å². The first kappa shape index (κ1) is 16.9. The molecule has 128 valence electrons. The summed E-state index contributed by atoms with van der Waals surface area (Å²) in [7, 11) is -3.31. The van der Waals surface area contributed by atoms with Crippen LogP contribution in [0.4, 0.5) is 0 Å². The molecule has 3 rings (SSSR count). The number of carboxylic acid groups (broad SMARTS) is 1. The lowest BCUT2D eigenvalue weighted by Crippen LogP contribution is -2.23. The van der Waals surface area contributed by atoms with Crippen LogP contribution in [0.15, 0.2) is 53.4 Å². The largest absolute Gasteiger partial charge is 0.543 e. The standard InChI is InChI=1S/C18H16N2O4S/c1-11-3-5-12(6-4-11)15-16(19-20-17(15)18(21)22)13-7-9-14(10-8-13)25(2,23)24/h3-10H,1-2H3,(H,19,20)(H,21,22)/p-1. The summed E-state index contributed by atoms with van der Waals surface area (Å²) >= 11 is 0. The Morgan fingerprint density at radius 1 is 1.00 bits per heavy atom. The van der Waals surface area contributed by atoms with E-state index < -0.39 is 15.8 Å². The third-order valence-corrected chi connectivity index (χ3v) is 5.00. The molecule has 0 atom stereocenters. The number of carbonyl (C=O) groups is 1. The maximum Gasteiger partial charge on any atom is 0.175 e. The van der Waals surface area contributed by atoms with Crippen molar-refractivity contribution in [1.29, 1.82) is 0 Å². The zero-order chi connectivity index (χ0) is 18.2. The number of rotatable bonds is 4. The smallest absolute Gasteiger partial charge is 0.175 e. The van der Waals surface area contributed by atoms with Crippen LogP contribution < -0.4 is 5.11 Å². The lowest BCUT2D eigenvalue weighted by Gasteiger charge is -2.08. The summed E-state index contributed by atoms with van der Waals surface area (Å²) in [4.78, 5) is 11.6. The second kappa shape index (κ2) is 6.18. The van der Waals surface area contributed by atoms with E-state index in [9.17, 15) is 18.3 Å². The number of aromatic nitrogens is 2. The van der Waals surface area contributed by atoms with Gasteiger partial charge in [-0.3, -0.25) is 5.10 Å². The van der Waals surface area contributed by atoms with Crippen molar-refractivity contribution >= 4 is 15.8 Å². The lowest BCUT2D eigenvalue weighted by atomic mass is 9.98. The minimum Gasteiger partial charge on any atom is -0.543 e. The summed E-state index contributed by atoms with van der Waals surface area (Å²) in [6.07, 6.45) is 1.13. The Morgan fingerprint density at radius 2 is 1.56 bits per heavy atom. The summed E-state index contributed by atoms with van der Waals surface area (Å²) in [5.41, 5.74) is 3.04. The molecule has 7 heteroatoms. The summed E-state index contributed by atoms with van der Waals surface area (Å²) < 4.78 is 23.2. The molecule has 1 aromatic heterocycles. The van der Waals surface area contributed by atoms with E-state index in [1.165, 1.54) is 12.1 Å². The highest BCUT2D eigenvalue weighted by molar-refractivity contribution is 7.90. The zero-order valence-electron chi connectivity index (χ0n) is 13.6. The first-order valence-electron chi connectivity index (χ1n) is 7.44. The molecule has 6 nitrogen and oxygen atoms in total. The van der Waals surface area contributed by atoms with Gasteiger partial charge in [-0.15, -0.1) is 0 Å². The van der Waals surface area contributed by atoms with Crippen LogP contribution >= 0.6 is 0 Å². The van der Waals surface area contributed by atoms with Crippen molar-refractivity contribution in [3.05, 3.63) is 59.8 Å². The number of hydrogen-bond donors (Lipinski definition) is 1. The number of nitrogens with one attached hydrogen (secondary N) is 1. The van der Waals surface area contributed by atoms with E-state index in [4.69, 9.17) is 0 Å². The Labute approximate surface area is 145 Å². The van der Waals surface area contributed by atoms with Crippen LogP contribution in [-0.2, 0) is 9.84 Å². The molecule has 0 aliphatic rings. The summed E-state index contributed by atoms with van der Waals surface area (Å²) in [5.74, 6) is -1.36. The molecule has 0 aliphatic heterocycles. The molecule has 1 heterocycles. The fourth-order valence-corrected chi connectivity index (χ4v) is 3.19. The van der Waals surface area contributed by atoms with E-state index in [0.717, 1.165) is 11.8 Å². The monoisotopic (exact) mass is 355 g/mol. The maximum atomic E-state index is 11.6. The highest BCUT2D eigenvalue weighted by atomic mass is 32.2. The fraction of sp³-hybridized carbons (Fsp3) is 0.111. The number of nitrogens with zero attached hydrogens (tertiary/aromatic N) is 1. The van der Waals surface area contributed by atoms with E-state index in [2.05, 4.69) is 10.2 Å². The van der Waals surface area contributed by atoms with Gasteiger partial charge in [-0.2, -0.15) is 5.10 Å². The molecule has 0 bridgehead atoms. The van der Waals surface area contributed by atoms with Gasteiger partial charge < -0.3 is 9.90 Å². The van der Waals surface area contributed by atoms with Gasteiger partial charge in [-0.25, -0.2) is 8.42 Å². The molecular formula is C18H15N2O4S-. The minimum absolute atomic E-state index is 0.119. The van der Waals surface area contributed by atoms with Crippen LogP contribution in [0.3, 0.4) is 0 Å². The second-order valence-corrected chi connectivity index (χ2v) is 7.79. The summed E-state index contributed by atoms with van der Waals surface area (Å²) in [6.45, 7) is 1.93. The van der Waals surface area contributed by atoms with Crippen molar-refractivity contribution < 1.29 is 18.3 Å². The molecule has 0 aliphatic carbocycles. The molecule has 0 saturated carbocycles.